The molecule has 104 valence electrons. The highest BCUT2D eigenvalue weighted by atomic mass is 32.2. The molecule has 0 atom stereocenters. The van der Waals surface area contributed by atoms with Gasteiger partial charge in [-0.25, -0.2) is 18.4 Å². The number of anilines is 2. The van der Waals surface area contributed by atoms with Crippen LogP contribution < -0.4 is 10.5 Å². The molecule has 0 radical (unpaired) electrons. The van der Waals surface area contributed by atoms with Crippen LogP contribution in [-0.4, -0.2) is 19.5 Å². The molecule has 6 nitrogen and oxygen atoms in total. The van der Waals surface area contributed by atoms with Crippen LogP contribution in [0.5, 0.6) is 0 Å². The van der Waals surface area contributed by atoms with Crippen molar-refractivity contribution in [2.75, 3.05) is 5.32 Å². The van der Waals surface area contributed by atoms with Crippen molar-refractivity contribution in [1.29, 1.82) is 0 Å². The van der Waals surface area contributed by atoms with Gasteiger partial charge in [0.15, 0.2) is 0 Å². The number of primary sulfonamides is 1. The number of carbonyl (C=O) groups is 1. The molecule has 4 N–H and O–H groups in total. The second-order valence-electron chi connectivity index (χ2n) is 4.08. The predicted octanol–water partition coefficient (Wildman–Crippen LogP) is 1.78. The van der Waals surface area contributed by atoms with Crippen LogP contribution >= 0.6 is 0 Å². The van der Waals surface area contributed by atoms with Gasteiger partial charge < -0.3 is 10.4 Å². The standard InChI is InChI=1S/C13H12N2O4S/c14-20(18,19)12-6-4-10(5-7-12)15-11-3-1-2-9(8-11)13(16)17/h1-8,15H,(H,16,17)(H2,14,18,19). The smallest absolute Gasteiger partial charge is 0.335 e. The Morgan fingerprint density at radius 3 is 2.25 bits per heavy atom. The van der Waals surface area contributed by atoms with Gasteiger partial charge >= 0.3 is 5.97 Å². The molecule has 0 unspecified atom stereocenters. The molecule has 2 aromatic carbocycles. The van der Waals surface area contributed by atoms with E-state index in [-0.39, 0.29) is 10.5 Å². The summed E-state index contributed by atoms with van der Waals surface area (Å²) in [4.78, 5) is 10.9. The summed E-state index contributed by atoms with van der Waals surface area (Å²) < 4.78 is 22.2. The Bertz CT molecular complexity index is 739. The van der Waals surface area contributed by atoms with E-state index in [0.717, 1.165) is 0 Å². The Balaban J connectivity index is 2.22. The largest absolute Gasteiger partial charge is 0.478 e. The summed E-state index contributed by atoms with van der Waals surface area (Å²) in [6.07, 6.45) is 0. The highest BCUT2D eigenvalue weighted by molar-refractivity contribution is 7.89. The first-order valence-electron chi connectivity index (χ1n) is 5.59. The minimum atomic E-state index is -3.72. The maximum absolute atomic E-state index is 11.1. The molecule has 20 heavy (non-hydrogen) atoms. The van der Waals surface area contributed by atoms with Crippen LogP contribution in [0.25, 0.3) is 0 Å². The van der Waals surface area contributed by atoms with E-state index in [9.17, 15) is 13.2 Å². The molecule has 0 saturated heterocycles. The second-order valence-corrected chi connectivity index (χ2v) is 5.64. The molecule has 7 heteroatoms. The first-order valence-corrected chi connectivity index (χ1v) is 7.14. The van der Waals surface area contributed by atoms with E-state index in [1.54, 1.807) is 24.3 Å². The molecule has 2 aromatic rings. The number of carboxylic acids is 1. The van der Waals surface area contributed by atoms with Crippen LogP contribution in [0.3, 0.4) is 0 Å². The molecule has 0 fully saturated rings. The molecule has 0 aromatic heterocycles. The van der Waals surface area contributed by atoms with E-state index in [4.69, 9.17) is 10.2 Å². The van der Waals surface area contributed by atoms with Gasteiger partial charge in [-0.15, -0.1) is 0 Å². The van der Waals surface area contributed by atoms with Crippen molar-refractivity contribution in [3.05, 3.63) is 54.1 Å². The van der Waals surface area contributed by atoms with Crippen LogP contribution in [0.1, 0.15) is 10.4 Å². The second kappa shape index (κ2) is 5.32. The number of nitrogens with one attached hydrogen (secondary N) is 1. The maximum Gasteiger partial charge on any atom is 0.335 e. The van der Waals surface area contributed by atoms with Gasteiger partial charge in [0.25, 0.3) is 0 Å². The zero-order valence-electron chi connectivity index (χ0n) is 10.3. The van der Waals surface area contributed by atoms with Crippen molar-refractivity contribution in [3.63, 3.8) is 0 Å². The maximum atomic E-state index is 11.1. The lowest BCUT2D eigenvalue weighted by molar-refractivity contribution is 0.0697. The third-order valence-electron chi connectivity index (χ3n) is 2.58. The number of nitrogens with two attached hydrogens (primary N) is 1. The lowest BCUT2D eigenvalue weighted by Gasteiger charge is -2.07. The zero-order valence-corrected chi connectivity index (χ0v) is 11.1. The molecule has 0 aliphatic carbocycles. The van der Waals surface area contributed by atoms with Crippen molar-refractivity contribution in [2.45, 2.75) is 4.90 Å². The Hall–Kier alpha value is -2.38. The fourth-order valence-corrected chi connectivity index (χ4v) is 2.14. The third kappa shape index (κ3) is 3.34. The number of hydrogen-bond donors (Lipinski definition) is 3. The highest BCUT2D eigenvalue weighted by Gasteiger charge is 2.07. The highest BCUT2D eigenvalue weighted by Crippen LogP contribution is 2.19. The summed E-state index contributed by atoms with van der Waals surface area (Å²) in [5.74, 6) is -1.02. The summed E-state index contributed by atoms with van der Waals surface area (Å²) in [5.41, 5.74) is 1.38. The lowest BCUT2D eigenvalue weighted by atomic mass is 10.2. The summed E-state index contributed by atoms with van der Waals surface area (Å²) >= 11 is 0. The molecular weight excluding hydrogens is 280 g/mol. The Morgan fingerprint density at radius 2 is 1.70 bits per heavy atom. The monoisotopic (exact) mass is 292 g/mol. The SMILES string of the molecule is NS(=O)(=O)c1ccc(Nc2cccc(C(=O)O)c2)cc1. The number of carboxylic acid groups (broad SMARTS) is 1. The number of rotatable bonds is 4. The van der Waals surface area contributed by atoms with E-state index < -0.39 is 16.0 Å². The molecular formula is C13H12N2O4S. The van der Waals surface area contributed by atoms with Gasteiger partial charge in [-0.1, -0.05) is 6.07 Å². The topological polar surface area (TPSA) is 109 Å². The molecule has 0 amide bonds. The molecule has 0 aliphatic rings. The fourth-order valence-electron chi connectivity index (χ4n) is 1.62. The van der Waals surface area contributed by atoms with Gasteiger partial charge in [-0.2, -0.15) is 0 Å². The number of sulfonamides is 1. The molecule has 0 heterocycles. The van der Waals surface area contributed by atoms with Crippen molar-refractivity contribution >= 4 is 27.4 Å². The van der Waals surface area contributed by atoms with Crippen LogP contribution in [0.4, 0.5) is 11.4 Å². The van der Waals surface area contributed by atoms with Gasteiger partial charge in [0.2, 0.25) is 10.0 Å². The molecule has 0 spiro atoms. The molecule has 0 saturated carbocycles. The first kappa shape index (κ1) is 14.0. The van der Waals surface area contributed by atoms with E-state index >= 15 is 0 Å². The normalized spacial score (nSPS) is 11.1. The van der Waals surface area contributed by atoms with E-state index in [2.05, 4.69) is 5.32 Å². The average Bonchev–Trinajstić information content (AvgIpc) is 2.38. The van der Waals surface area contributed by atoms with Gasteiger partial charge in [-0.05, 0) is 42.5 Å². The predicted molar refractivity (Wildman–Crippen MR) is 74.5 cm³/mol. The summed E-state index contributed by atoms with van der Waals surface area (Å²) in [5, 5.41) is 16.9. The number of aromatic carboxylic acids is 1. The summed E-state index contributed by atoms with van der Waals surface area (Å²) in [6, 6.07) is 12.1. The number of hydrogen-bond acceptors (Lipinski definition) is 4. The average molecular weight is 292 g/mol. The first-order chi connectivity index (χ1) is 9.36. The Kier molecular flexibility index (Phi) is 3.73. The van der Waals surface area contributed by atoms with Gasteiger partial charge in [0.1, 0.15) is 0 Å². The Labute approximate surface area is 115 Å². The van der Waals surface area contributed by atoms with Gasteiger partial charge in [0.05, 0.1) is 10.5 Å². The number of benzene rings is 2. The minimum Gasteiger partial charge on any atom is -0.478 e. The third-order valence-corrected chi connectivity index (χ3v) is 3.51. The van der Waals surface area contributed by atoms with Crippen LogP contribution in [0.2, 0.25) is 0 Å². The van der Waals surface area contributed by atoms with E-state index in [0.29, 0.717) is 11.4 Å². The van der Waals surface area contributed by atoms with Crippen LogP contribution in [-0.2, 0) is 10.0 Å². The van der Waals surface area contributed by atoms with Crippen LogP contribution in [0, 0.1) is 0 Å². The zero-order chi connectivity index (χ0) is 14.8. The van der Waals surface area contributed by atoms with Gasteiger partial charge in [-0.3, -0.25) is 0 Å². The molecule has 2 rings (SSSR count). The quantitative estimate of drug-likeness (QED) is 0.795. The summed E-state index contributed by atoms with van der Waals surface area (Å²) in [7, 11) is -3.72. The van der Waals surface area contributed by atoms with E-state index in [1.807, 2.05) is 0 Å². The van der Waals surface area contributed by atoms with Crippen LogP contribution in [0.15, 0.2) is 53.4 Å². The van der Waals surface area contributed by atoms with Crippen molar-refractivity contribution in [1.82, 2.24) is 0 Å². The Morgan fingerprint density at radius 1 is 1.05 bits per heavy atom. The summed E-state index contributed by atoms with van der Waals surface area (Å²) in [6.45, 7) is 0. The van der Waals surface area contributed by atoms with Gasteiger partial charge in [0, 0.05) is 11.4 Å². The van der Waals surface area contributed by atoms with Crippen molar-refractivity contribution in [2.24, 2.45) is 5.14 Å². The molecule has 0 aliphatic heterocycles. The fraction of sp³-hybridized carbons (Fsp3) is 0. The lowest BCUT2D eigenvalue weighted by Crippen LogP contribution is -2.11. The molecule has 0 bridgehead atoms. The van der Waals surface area contributed by atoms with E-state index in [1.165, 1.54) is 24.3 Å². The van der Waals surface area contributed by atoms with Crippen molar-refractivity contribution < 1.29 is 18.3 Å². The minimum absolute atomic E-state index is 0.0161. The van der Waals surface area contributed by atoms with Crippen molar-refractivity contribution in [3.8, 4) is 0 Å².